The Morgan fingerprint density at radius 1 is 1.16 bits per heavy atom. The van der Waals surface area contributed by atoms with Crippen LogP contribution in [-0.4, -0.2) is 16.1 Å². The van der Waals surface area contributed by atoms with Crippen LogP contribution in [0.25, 0.3) is 11.1 Å². The number of nitrogens with zero attached hydrogens (tertiary/aromatic N) is 1. The van der Waals surface area contributed by atoms with Crippen LogP contribution in [-0.2, 0) is 11.3 Å². The second-order valence-electron chi connectivity index (χ2n) is 8.78. The first kappa shape index (κ1) is 22.7. The van der Waals surface area contributed by atoms with Crippen molar-refractivity contribution in [3.63, 3.8) is 0 Å². The lowest BCUT2D eigenvalue weighted by molar-refractivity contribution is 0.0306. The van der Waals surface area contributed by atoms with E-state index >= 15 is 0 Å². The minimum Gasteiger partial charge on any atom is -0.478 e. The number of rotatable bonds is 9. The molecule has 1 aliphatic rings. The van der Waals surface area contributed by atoms with Gasteiger partial charge in [0.25, 0.3) is 0 Å². The molecule has 0 bridgehead atoms. The molecule has 0 aliphatic heterocycles. The maximum absolute atomic E-state index is 11.8. The molecule has 0 amide bonds. The van der Waals surface area contributed by atoms with Gasteiger partial charge in [-0.15, -0.1) is 11.3 Å². The second kappa shape index (κ2) is 10.9. The largest absolute Gasteiger partial charge is 0.478 e. The third-order valence-corrected chi connectivity index (χ3v) is 7.40. The van der Waals surface area contributed by atoms with Crippen molar-refractivity contribution in [2.75, 3.05) is 0 Å². The first-order valence-corrected chi connectivity index (χ1v) is 12.4. The van der Waals surface area contributed by atoms with Gasteiger partial charge in [-0.2, -0.15) is 0 Å². The van der Waals surface area contributed by atoms with Crippen LogP contribution in [0.15, 0.2) is 54.2 Å². The van der Waals surface area contributed by atoms with Crippen LogP contribution in [0.3, 0.4) is 0 Å². The molecule has 4 rings (SSSR count). The number of aryl methyl sites for hydroxylation is 1. The molecular weight excluding hydrogens is 418 g/mol. The average Bonchev–Trinajstić information content (AvgIpc) is 3.35. The van der Waals surface area contributed by atoms with Gasteiger partial charge >= 0.3 is 5.97 Å². The van der Waals surface area contributed by atoms with Gasteiger partial charge in [0, 0.05) is 6.20 Å². The Morgan fingerprint density at radius 2 is 1.97 bits per heavy atom. The van der Waals surface area contributed by atoms with Crippen molar-refractivity contribution < 1.29 is 14.6 Å². The number of thiazole rings is 1. The van der Waals surface area contributed by atoms with Crippen molar-refractivity contribution in [1.82, 2.24) is 4.98 Å². The Kier molecular flexibility index (Phi) is 7.72. The van der Waals surface area contributed by atoms with E-state index in [0.717, 1.165) is 34.6 Å². The highest BCUT2D eigenvalue weighted by Gasteiger charge is 2.20. The summed E-state index contributed by atoms with van der Waals surface area (Å²) in [5, 5.41) is 9.71. The molecule has 3 aromatic rings. The number of aromatic carboxylic acids is 1. The van der Waals surface area contributed by atoms with E-state index in [1.807, 2.05) is 55.0 Å². The molecule has 4 nitrogen and oxygen atoms in total. The number of carboxylic acids is 1. The average molecular weight is 450 g/mol. The molecule has 5 heteroatoms. The van der Waals surface area contributed by atoms with E-state index < -0.39 is 5.97 Å². The van der Waals surface area contributed by atoms with E-state index in [1.165, 1.54) is 43.4 Å². The molecule has 1 heterocycles. The van der Waals surface area contributed by atoms with Crippen molar-refractivity contribution in [3.8, 4) is 11.1 Å². The van der Waals surface area contributed by atoms with Crippen molar-refractivity contribution in [2.45, 2.75) is 64.6 Å². The molecule has 1 aliphatic carbocycles. The normalized spacial score (nSPS) is 15.5. The third-order valence-electron chi connectivity index (χ3n) is 6.53. The van der Waals surface area contributed by atoms with Crippen molar-refractivity contribution >= 4 is 17.3 Å². The molecule has 0 saturated heterocycles. The van der Waals surface area contributed by atoms with Gasteiger partial charge < -0.3 is 9.84 Å². The van der Waals surface area contributed by atoms with Crippen LogP contribution in [0.1, 0.15) is 77.4 Å². The monoisotopic (exact) mass is 449 g/mol. The van der Waals surface area contributed by atoms with Gasteiger partial charge in [0.2, 0.25) is 0 Å². The van der Waals surface area contributed by atoms with Crippen molar-refractivity contribution in [1.29, 1.82) is 0 Å². The second-order valence-corrected chi connectivity index (χ2v) is 9.70. The number of hydrogen-bond acceptors (Lipinski definition) is 4. The topological polar surface area (TPSA) is 59.4 Å². The number of aromatic nitrogens is 1. The van der Waals surface area contributed by atoms with Gasteiger partial charge in [0.1, 0.15) is 0 Å². The highest BCUT2D eigenvalue weighted by atomic mass is 32.1. The van der Waals surface area contributed by atoms with Gasteiger partial charge in [0.05, 0.1) is 28.7 Å². The number of hydrogen-bond donors (Lipinski definition) is 1. The minimum absolute atomic E-state index is 0.0329. The zero-order valence-electron chi connectivity index (χ0n) is 18.6. The predicted molar refractivity (Wildman–Crippen MR) is 129 cm³/mol. The smallest absolute Gasteiger partial charge is 0.336 e. The quantitative estimate of drug-likeness (QED) is 0.369. The maximum atomic E-state index is 11.8. The molecule has 1 N–H and O–H groups in total. The third kappa shape index (κ3) is 5.64. The fraction of sp³-hybridized carbons (Fsp3) is 0.407. The van der Waals surface area contributed by atoms with Crippen molar-refractivity contribution in [3.05, 3.63) is 75.7 Å². The Balaban J connectivity index is 1.51. The van der Waals surface area contributed by atoms with Crippen LogP contribution in [0.4, 0.5) is 0 Å². The van der Waals surface area contributed by atoms with Crippen LogP contribution in [0.5, 0.6) is 0 Å². The van der Waals surface area contributed by atoms with Gasteiger partial charge in [-0.25, -0.2) is 4.79 Å². The van der Waals surface area contributed by atoms with E-state index in [2.05, 4.69) is 4.98 Å². The Morgan fingerprint density at radius 3 is 2.69 bits per heavy atom. The molecule has 1 aromatic heterocycles. The number of carbonyl (C=O) groups is 1. The first-order valence-electron chi connectivity index (χ1n) is 11.5. The first-order chi connectivity index (χ1) is 15.6. The van der Waals surface area contributed by atoms with E-state index in [4.69, 9.17) is 4.74 Å². The van der Waals surface area contributed by atoms with E-state index in [1.54, 1.807) is 17.4 Å². The molecule has 1 atom stereocenters. The lowest BCUT2D eigenvalue weighted by Crippen LogP contribution is -2.10. The van der Waals surface area contributed by atoms with Crippen molar-refractivity contribution in [2.24, 2.45) is 5.92 Å². The van der Waals surface area contributed by atoms with Gasteiger partial charge in [0.15, 0.2) is 0 Å². The summed E-state index contributed by atoms with van der Waals surface area (Å²) in [6, 6.07) is 13.4. The summed E-state index contributed by atoms with van der Waals surface area (Å²) in [6.45, 7) is 2.46. The summed E-state index contributed by atoms with van der Waals surface area (Å²) in [5.74, 6) is -0.101. The number of ether oxygens (including phenoxy) is 1. The number of carboxylic acid groups (broad SMARTS) is 1. The van der Waals surface area contributed by atoms with E-state index in [0.29, 0.717) is 12.2 Å². The molecule has 32 heavy (non-hydrogen) atoms. The van der Waals surface area contributed by atoms with E-state index in [9.17, 15) is 9.90 Å². The van der Waals surface area contributed by atoms with Gasteiger partial charge in [-0.1, -0.05) is 62.4 Å². The summed E-state index contributed by atoms with van der Waals surface area (Å²) in [7, 11) is 0. The highest BCUT2D eigenvalue weighted by molar-refractivity contribution is 7.09. The lowest BCUT2D eigenvalue weighted by atomic mass is 9.85. The van der Waals surface area contributed by atoms with Crippen LogP contribution in [0, 0.1) is 12.8 Å². The fourth-order valence-corrected chi connectivity index (χ4v) is 5.42. The van der Waals surface area contributed by atoms with Gasteiger partial charge in [-0.05, 0) is 60.1 Å². The zero-order valence-corrected chi connectivity index (χ0v) is 19.4. The molecule has 0 spiro atoms. The summed E-state index contributed by atoms with van der Waals surface area (Å²) < 4.78 is 6.41. The standard InChI is InChI=1S/C27H31NO3S/c1-19-7-5-6-10-22(19)24-15-21(11-13-23(24)27(29)30)17-31-25(26-16-28-18-32-26)14-12-20-8-3-2-4-9-20/h5-7,10-11,13,15-16,18,20,25H,2-4,8-9,12,14,17H2,1H3,(H,29,30). The lowest BCUT2D eigenvalue weighted by Gasteiger charge is -2.24. The maximum Gasteiger partial charge on any atom is 0.336 e. The molecule has 0 radical (unpaired) electrons. The minimum atomic E-state index is -0.911. The van der Waals surface area contributed by atoms with Crippen LogP contribution >= 0.6 is 11.3 Å². The molecule has 1 unspecified atom stereocenters. The molecule has 168 valence electrons. The number of benzene rings is 2. The summed E-state index contributed by atoms with van der Waals surface area (Å²) in [4.78, 5) is 17.3. The van der Waals surface area contributed by atoms with E-state index in [-0.39, 0.29) is 6.10 Å². The summed E-state index contributed by atoms with van der Waals surface area (Å²) >= 11 is 1.65. The molecule has 1 saturated carbocycles. The summed E-state index contributed by atoms with van der Waals surface area (Å²) in [5.41, 5.74) is 5.92. The fourth-order valence-electron chi connectivity index (χ4n) is 4.72. The Labute approximate surface area is 194 Å². The predicted octanol–water partition coefficient (Wildman–Crippen LogP) is 7.44. The Bertz CT molecular complexity index is 1030. The van der Waals surface area contributed by atoms with Crippen LogP contribution in [0.2, 0.25) is 0 Å². The van der Waals surface area contributed by atoms with Gasteiger partial charge in [-0.3, -0.25) is 4.98 Å². The Hall–Kier alpha value is -2.50. The SMILES string of the molecule is Cc1ccccc1-c1cc(COC(CCC2CCCCC2)c2cncs2)ccc1C(=O)O. The zero-order chi connectivity index (χ0) is 22.3. The summed E-state index contributed by atoms with van der Waals surface area (Å²) in [6.07, 6.45) is 10.9. The van der Waals surface area contributed by atoms with Crippen LogP contribution < -0.4 is 0 Å². The molecule has 1 fully saturated rings. The highest BCUT2D eigenvalue weighted by Crippen LogP contribution is 2.34. The molecule has 2 aromatic carbocycles. The molecular formula is C27H31NO3S.